The van der Waals surface area contributed by atoms with Crippen molar-refractivity contribution in [1.29, 1.82) is 0 Å². The summed E-state index contributed by atoms with van der Waals surface area (Å²) in [5.41, 5.74) is -1.47. The minimum Gasteiger partial charge on any atom is -0.454 e. The van der Waals surface area contributed by atoms with Crippen LogP contribution in [0.3, 0.4) is 0 Å². The Bertz CT molecular complexity index is 529. The maximum atomic E-state index is 12.0. The van der Waals surface area contributed by atoms with Gasteiger partial charge in [-0.3, -0.25) is 4.79 Å². The largest absolute Gasteiger partial charge is 0.509 e. The van der Waals surface area contributed by atoms with Gasteiger partial charge in [-0.15, -0.1) is 9.24 Å². The Balaban J connectivity index is 2.75. The molecular weight excluding hydrogens is 351 g/mol. The highest BCUT2D eigenvalue weighted by molar-refractivity contribution is 7.21. The molecule has 0 aromatic carbocycles. The van der Waals surface area contributed by atoms with E-state index in [2.05, 4.69) is 9.24 Å². The van der Waals surface area contributed by atoms with Crippen molar-refractivity contribution >= 4 is 27.5 Å². The fourth-order valence-electron chi connectivity index (χ4n) is 1.96. The summed E-state index contributed by atoms with van der Waals surface area (Å²) in [5, 5.41) is -1.18. The number of rotatable bonds is 3. The predicted octanol–water partition coefficient (Wildman–Crippen LogP) is 2.82. The standard InChI is InChI=1S/C16H27O8P/c1-14(2,3)23-12(18)20-8-9-10(16(7,25)11(17)21-9)22-13(19)24-15(4,5)6/h9-10H,8,25H2,1-7H3/t9-,10-,16-/m1/s1. The molecule has 0 saturated carbocycles. The second kappa shape index (κ2) is 7.36. The molecule has 1 unspecified atom stereocenters. The number of carbonyl (C=O) groups excluding carboxylic acids is 3. The highest BCUT2D eigenvalue weighted by Crippen LogP contribution is 2.37. The monoisotopic (exact) mass is 378 g/mol. The maximum Gasteiger partial charge on any atom is 0.509 e. The van der Waals surface area contributed by atoms with Gasteiger partial charge in [-0.1, -0.05) is 0 Å². The van der Waals surface area contributed by atoms with E-state index in [9.17, 15) is 14.4 Å². The van der Waals surface area contributed by atoms with Crippen molar-refractivity contribution in [2.75, 3.05) is 6.61 Å². The van der Waals surface area contributed by atoms with Gasteiger partial charge in [0.25, 0.3) is 0 Å². The first-order valence-corrected chi connectivity index (χ1v) is 8.45. The predicted molar refractivity (Wildman–Crippen MR) is 91.3 cm³/mol. The van der Waals surface area contributed by atoms with Crippen LogP contribution in [0.25, 0.3) is 0 Å². The molecule has 1 rings (SSSR count). The van der Waals surface area contributed by atoms with Crippen LogP contribution in [0, 0.1) is 0 Å². The molecular formula is C16H27O8P. The first kappa shape index (κ1) is 21.5. The third kappa shape index (κ3) is 6.69. The van der Waals surface area contributed by atoms with E-state index in [0.29, 0.717) is 0 Å². The van der Waals surface area contributed by atoms with E-state index in [4.69, 9.17) is 23.7 Å². The SMILES string of the molecule is CC(C)(C)OC(=O)OC[C@H]1OC(=O)[C@](C)(P)[C@@H]1OC(=O)OC(C)(C)C. The molecule has 0 aliphatic carbocycles. The molecule has 0 aromatic rings. The lowest BCUT2D eigenvalue weighted by Gasteiger charge is -2.27. The van der Waals surface area contributed by atoms with Crippen molar-refractivity contribution in [3.05, 3.63) is 0 Å². The van der Waals surface area contributed by atoms with E-state index in [1.807, 2.05) is 0 Å². The summed E-state index contributed by atoms with van der Waals surface area (Å²) in [6.07, 6.45) is -3.80. The van der Waals surface area contributed by atoms with Gasteiger partial charge in [0.1, 0.15) is 23.0 Å². The Morgan fingerprint density at radius 1 is 1.08 bits per heavy atom. The summed E-state index contributed by atoms with van der Waals surface area (Å²) in [5.74, 6) is -0.594. The van der Waals surface area contributed by atoms with Gasteiger partial charge in [0, 0.05) is 0 Å². The van der Waals surface area contributed by atoms with Gasteiger partial charge in [0.2, 0.25) is 0 Å². The maximum absolute atomic E-state index is 12.0. The minimum atomic E-state index is -1.18. The Labute approximate surface area is 150 Å². The first-order chi connectivity index (χ1) is 11.1. The summed E-state index contributed by atoms with van der Waals surface area (Å²) in [7, 11) is 2.30. The molecule has 4 atom stereocenters. The molecule has 1 heterocycles. The topological polar surface area (TPSA) is 97.4 Å². The highest BCUT2D eigenvalue weighted by atomic mass is 31.0. The second-order valence-corrected chi connectivity index (χ2v) is 9.20. The number of hydrogen-bond donors (Lipinski definition) is 0. The molecule has 25 heavy (non-hydrogen) atoms. The lowest BCUT2D eigenvalue weighted by atomic mass is 10.0. The van der Waals surface area contributed by atoms with Crippen molar-refractivity contribution in [2.24, 2.45) is 0 Å². The lowest BCUT2D eigenvalue weighted by molar-refractivity contribution is -0.145. The summed E-state index contributed by atoms with van der Waals surface area (Å²) in [6.45, 7) is 11.4. The molecule has 1 fully saturated rings. The zero-order chi connectivity index (χ0) is 19.6. The Hall–Kier alpha value is -1.56. The molecule has 0 spiro atoms. The van der Waals surface area contributed by atoms with Crippen LogP contribution in [-0.4, -0.2) is 53.5 Å². The zero-order valence-electron chi connectivity index (χ0n) is 15.7. The van der Waals surface area contributed by atoms with Gasteiger partial charge >= 0.3 is 18.3 Å². The number of ether oxygens (including phenoxy) is 5. The molecule has 144 valence electrons. The molecule has 1 saturated heterocycles. The molecule has 0 radical (unpaired) electrons. The molecule has 0 bridgehead atoms. The van der Waals surface area contributed by atoms with Gasteiger partial charge in [-0.2, -0.15) is 0 Å². The molecule has 0 N–H and O–H groups in total. The van der Waals surface area contributed by atoms with Gasteiger partial charge in [-0.05, 0) is 48.5 Å². The van der Waals surface area contributed by atoms with Gasteiger partial charge < -0.3 is 23.7 Å². The summed E-state index contributed by atoms with van der Waals surface area (Å²) >= 11 is 0. The molecule has 9 heteroatoms. The van der Waals surface area contributed by atoms with Gasteiger partial charge in [0.05, 0.1) is 0 Å². The Morgan fingerprint density at radius 2 is 1.56 bits per heavy atom. The van der Waals surface area contributed by atoms with Crippen molar-refractivity contribution in [3.63, 3.8) is 0 Å². The smallest absolute Gasteiger partial charge is 0.454 e. The van der Waals surface area contributed by atoms with Crippen LogP contribution in [0.5, 0.6) is 0 Å². The van der Waals surface area contributed by atoms with Crippen molar-refractivity contribution < 1.29 is 38.1 Å². The number of hydrogen-bond acceptors (Lipinski definition) is 8. The van der Waals surface area contributed by atoms with Crippen LogP contribution < -0.4 is 0 Å². The van der Waals surface area contributed by atoms with E-state index in [1.54, 1.807) is 48.5 Å². The first-order valence-electron chi connectivity index (χ1n) is 7.87. The quantitative estimate of drug-likeness (QED) is 0.420. The number of carbonyl (C=O) groups is 3. The Kier molecular flexibility index (Phi) is 6.32. The van der Waals surface area contributed by atoms with E-state index < -0.39 is 46.8 Å². The molecule has 8 nitrogen and oxygen atoms in total. The average Bonchev–Trinajstić information content (AvgIpc) is 2.55. The normalized spacial score (nSPS) is 26.6. The van der Waals surface area contributed by atoms with Crippen LogP contribution in [-0.2, 0) is 28.5 Å². The van der Waals surface area contributed by atoms with E-state index in [0.717, 1.165) is 0 Å². The fourth-order valence-corrected chi connectivity index (χ4v) is 2.31. The zero-order valence-corrected chi connectivity index (χ0v) is 16.9. The highest BCUT2D eigenvalue weighted by Gasteiger charge is 2.55. The van der Waals surface area contributed by atoms with Gasteiger partial charge in [0.15, 0.2) is 12.2 Å². The molecule has 0 aromatic heterocycles. The molecule has 1 aliphatic rings. The van der Waals surface area contributed by atoms with Crippen LogP contribution in [0.4, 0.5) is 9.59 Å². The summed E-state index contributed by atoms with van der Waals surface area (Å²) < 4.78 is 25.5. The van der Waals surface area contributed by atoms with Crippen molar-refractivity contribution in [2.45, 2.75) is 77.0 Å². The lowest BCUT2D eigenvalue weighted by Crippen LogP contribution is -2.44. The van der Waals surface area contributed by atoms with Crippen molar-refractivity contribution in [3.8, 4) is 0 Å². The van der Waals surface area contributed by atoms with Crippen LogP contribution in [0.15, 0.2) is 0 Å². The van der Waals surface area contributed by atoms with Crippen LogP contribution in [0.2, 0.25) is 0 Å². The number of esters is 1. The van der Waals surface area contributed by atoms with Crippen LogP contribution in [0.1, 0.15) is 48.5 Å². The number of cyclic esters (lactones) is 1. The summed E-state index contributed by atoms with van der Waals surface area (Å²) in [6, 6.07) is 0. The van der Waals surface area contributed by atoms with E-state index in [1.165, 1.54) is 0 Å². The average molecular weight is 378 g/mol. The van der Waals surface area contributed by atoms with E-state index >= 15 is 0 Å². The molecule has 1 aliphatic heterocycles. The van der Waals surface area contributed by atoms with E-state index in [-0.39, 0.29) is 6.61 Å². The second-order valence-electron chi connectivity index (χ2n) is 8.00. The fraction of sp³-hybridized carbons (Fsp3) is 0.812. The Morgan fingerprint density at radius 3 is 2.04 bits per heavy atom. The minimum absolute atomic E-state index is 0.307. The van der Waals surface area contributed by atoms with Crippen molar-refractivity contribution in [1.82, 2.24) is 0 Å². The third-order valence-electron chi connectivity index (χ3n) is 2.99. The van der Waals surface area contributed by atoms with Gasteiger partial charge in [-0.25, -0.2) is 9.59 Å². The van der Waals surface area contributed by atoms with Crippen LogP contribution >= 0.6 is 9.24 Å². The summed E-state index contributed by atoms with van der Waals surface area (Å²) in [4.78, 5) is 35.6. The molecule has 0 amide bonds. The third-order valence-corrected chi connectivity index (χ3v) is 3.56.